The third kappa shape index (κ3) is 6.66. The van der Waals surface area contributed by atoms with Gasteiger partial charge in [0.25, 0.3) is 0 Å². The summed E-state index contributed by atoms with van der Waals surface area (Å²) in [6.45, 7) is 1.90. The van der Waals surface area contributed by atoms with E-state index < -0.39 is 0 Å². The molecule has 0 saturated heterocycles. The Balaban J connectivity index is 2.24. The lowest BCUT2D eigenvalue weighted by Gasteiger charge is -2.21. The first-order valence-corrected chi connectivity index (χ1v) is 7.51. The Kier molecular flexibility index (Phi) is 6.97. The van der Waals surface area contributed by atoms with Crippen LogP contribution in [-0.2, 0) is 11.2 Å². The molecule has 1 amide bonds. The molecule has 0 unspecified atom stereocenters. The maximum absolute atomic E-state index is 11.9. The molecule has 0 radical (unpaired) electrons. The molecule has 0 atom stereocenters. The number of rotatable bonds is 8. The van der Waals surface area contributed by atoms with E-state index in [-0.39, 0.29) is 5.91 Å². The van der Waals surface area contributed by atoms with E-state index in [2.05, 4.69) is 17.5 Å². The number of nitrogens with two attached hydrogens (primary N) is 1. The molecule has 0 aromatic carbocycles. The summed E-state index contributed by atoms with van der Waals surface area (Å²) in [4.78, 5) is 17.5. The minimum Gasteiger partial charge on any atom is -0.393 e. The summed E-state index contributed by atoms with van der Waals surface area (Å²) in [5.41, 5.74) is 5.43. The van der Waals surface area contributed by atoms with E-state index >= 15 is 0 Å². The smallest absolute Gasteiger partial charge is 0.236 e. The lowest BCUT2D eigenvalue weighted by molar-refractivity contribution is -0.130. The molecule has 1 aromatic rings. The van der Waals surface area contributed by atoms with Gasteiger partial charge in [-0.05, 0) is 24.9 Å². The molecule has 2 N–H and O–H groups in total. The molecular formula is C13H21N3OS2. The number of amides is 1. The minimum atomic E-state index is 0.102. The van der Waals surface area contributed by atoms with Gasteiger partial charge in [-0.1, -0.05) is 18.3 Å². The summed E-state index contributed by atoms with van der Waals surface area (Å²) in [7, 11) is 3.75. The summed E-state index contributed by atoms with van der Waals surface area (Å²) >= 11 is 6.56. The fraction of sp³-hybridized carbons (Fsp3) is 0.538. The Bertz CT molecular complexity index is 406. The zero-order valence-electron chi connectivity index (χ0n) is 11.5. The molecule has 106 valence electrons. The standard InChI is InChI=1S/C13H21N3OS2/c1-15(7-5-11-4-3-9-19-11)10-13(17)16(2)8-6-12(14)18/h3-4,9H,5-8,10H2,1-2H3,(H2,14,18). The van der Waals surface area contributed by atoms with Crippen molar-refractivity contribution < 1.29 is 4.79 Å². The van der Waals surface area contributed by atoms with Crippen LogP contribution in [0.1, 0.15) is 11.3 Å². The van der Waals surface area contributed by atoms with Crippen molar-refractivity contribution in [2.75, 3.05) is 33.7 Å². The maximum Gasteiger partial charge on any atom is 0.236 e. The minimum absolute atomic E-state index is 0.102. The second-order valence-corrected chi connectivity index (χ2v) is 6.16. The molecule has 1 aromatic heterocycles. The fourth-order valence-corrected chi connectivity index (χ4v) is 2.38. The van der Waals surface area contributed by atoms with Gasteiger partial charge < -0.3 is 10.6 Å². The number of hydrogen-bond acceptors (Lipinski definition) is 4. The third-order valence-electron chi connectivity index (χ3n) is 2.84. The van der Waals surface area contributed by atoms with Crippen molar-refractivity contribution in [3.05, 3.63) is 22.4 Å². The Morgan fingerprint density at radius 3 is 2.74 bits per heavy atom. The third-order valence-corrected chi connectivity index (χ3v) is 3.98. The van der Waals surface area contributed by atoms with Gasteiger partial charge in [0.15, 0.2) is 0 Å². The van der Waals surface area contributed by atoms with Crippen molar-refractivity contribution in [3.63, 3.8) is 0 Å². The van der Waals surface area contributed by atoms with Crippen molar-refractivity contribution >= 4 is 34.5 Å². The van der Waals surface area contributed by atoms with Crippen molar-refractivity contribution in [3.8, 4) is 0 Å². The topological polar surface area (TPSA) is 49.6 Å². The van der Waals surface area contributed by atoms with Crippen molar-refractivity contribution in [2.24, 2.45) is 5.73 Å². The van der Waals surface area contributed by atoms with Crippen LogP contribution in [0.4, 0.5) is 0 Å². The average Bonchev–Trinajstić information content (AvgIpc) is 2.86. The van der Waals surface area contributed by atoms with Crippen LogP contribution < -0.4 is 5.73 Å². The Morgan fingerprint density at radius 1 is 1.42 bits per heavy atom. The van der Waals surface area contributed by atoms with E-state index in [0.29, 0.717) is 24.5 Å². The van der Waals surface area contributed by atoms with Crippen LogP contribution in [0.25, 0.3) is 0 Å². The molecule has 0 spiro atoms. The van der Waals surface area contributed by atoms with E-state index in [4.69, 9.17) is 18.0 Å². The molecule has 4 nitrogen and oxygen atoms in total. The molecular weight excluding hydrogens is 278 g/mol. The first kappa shape index (κ1) is 16.1. The highest BCUT2D eigenvalue weighted by Crippen LogP contribution is 2.09. The summed E-state index contributed by atoms with van der Waals surface area (Å²) < 4.78 is 0. The van der Waals surface area contributed by atoms with E-state index in [1.165, 1.54) is 4.88 Å². The van der Waals surface area contributed by atoms with Crippen molar-refractivity contribution in [2.45, 2.75) is 12.8 Å². The van der Waals surface area contributed by atoms with Gasteiger partial charge in [0, 0.05) is 31.4 Å². The van der Waals surface area contributed by atoms with Crippen LogP contribution in [0.15, 0.2) is 17.5 Å². The predicted molar refractivity (Wildman–Crippen MR) is 84.6 cm³/mol. The number of carbonyl (C=O) groups is 1. The molecule has 19 heavy (non-hydrogen) atoms. The van der Waals surface area contributed by atoms with E-state index in [9.17, 15) is 4.79 Å². The number of hydrogen-bond donors (Lipinski definition) is 1. The van der Waals surface area contributed by atoms with Crippen LogP contribution in [0.2, 0.25) is 0 Å². The highest BCUT2D eigenvalue weighted by atomic mass is 32.1. The number of thiophene rings is 1. The Hall–Kier alpha value is -0.980. The second-order valence-electron chi connectivity index (χ2n) is 4.60. The van der Waals surface area contributed by atoms with Gasteiger partial charge in [0.2, 0.25) is 5.91 Å². The van der Waals surface area contributed by atoms with Crippen molar-refractivity contribution in [1.29, 1.82) is 0 Å². The van der Waals surface area contributed by atoms with Crippen LogP contribution >= 0.6 is 23.6 Å². The Labute approximate surface area is 124 Å². The molecule has 0 bridgehead atoms. The molecule has 0 fully saturated rings. The average molecular weight is 299 g/mol. The van der Waals surface area contributed by atoms with Crippen LogP contribution in [0, 0.1) is 0 Å². The summed E-state index contributed by atoms with van der Waals surface area (Å²) in [5, 5.41) is 2.07. The monoisotopic (exact) mass is 299 g/mol. The zero-order valence-corrected chi connectivity index (χ0v) is 13.1. The molecule has 1 rings (SSSR count). The lowest BCUT2D eigenvalue weighted by atomic mass is 10.3. The van der Waals surface area contributed by atoms with Gasteiger partial charge in [-0.25, -0.2) is 0 Å². The number of nitrogens with zero attached hydrogens (tertiary/aromatic N) is 2. The van der Waals surface area contributed by atoms with Crippen LogP contribution in [0.3, 0.4) is 0 Å². The van der Waals surface area contributed by atoms with Crippen LogP contribution in [-0.4, -0.2) is 54.4 Å². The van der Waals surface area contributed by atoms with E-state index in [1.807, 2.05) is 11.9 Å². The normalized spacial score (nSPS) is 10.7. The number of carbonyl (C=O) groups excluding carboxylic acids is 1. The van der Waals surface area contributed by atoms with E-state index in [0.717, 1.165) is 13.0 Å². The predicted octanol–water partition coefficient (Wildman–Crippen LogP) is 1.36. The first-order valence-electron chi connectivity index (χ1n) is 6.22. The quantitative estimate of drug-likeness (QED) is 0.736. The lowest BCUT2D eigenvalue weighted by Crippen LogP contribution is -2.38. The molecule has 0 saturated carbocycles. The number of likely N-dealkylation sites (N-methyl/N-ethyl adjacent to an activating group) is 2. The van der Waals surface area contributed by atoms with E-state index in [1.54, 1.807) is 23.3 Å². The highest BCUT2D eigenvalue weighted by Gasteiger charge is 2.11. The van der Waals surface area contributed by atoms with Gasteiger partial charge in [-0.2, -0.15) is 0 Å². The molecule has 6 heteroatoms. The highest BCUT2D eigenvalue weighted by molar-refractivity contribution is 7.80. The zero-order chi connectivity index (χ0) is 14.3. The molecule has 0 aliphatic heterocycles. The van der Waals surface area contributed by atoms with Gasteiger partial charge in [0.05, 0.1) is 11.5 Å². The Morgan fingerprint density at radius 2 is 2.16 bits per heavy atom. The van der Waals surface area contributed by atoms with Gasteiger partial charge in [0.1, 0.15) is 0 Å². The summed E-state index contributed by atoms with van der Waals surface area (Å²) in [5.74, 6) is 0.102. The second kappa shape index (κ2) is 8.24. The van der Waals surface area contributed by atoms with Gasteiger partial charge in [-0.15, -0.1) is 11.3 Å². The fourth-order valence-electron chi connectivity index (χ4n) is 1.59. The summed E-state index contributed by atoms with van der Waals surface area (Å²) in [6.07, 6.45) is 1.56. The molecule has 0 aliphatic rings. The molecule has 0 aliphatic carbocycles. The van der Waals surface area contributed by atoms with Gasteiger partial charge >= 0.3 is 0 Å². The van der Waals surface area contributed by atoms with Gasteiger partial charge in [-0.3, -0.25) is 9.69 Å². The molecule has 1 heterocycles. The largest absolute Gasteiger partial charge is 0.393 e. The maximum atomic E-state index is 11.9. The van der Waals surface area contributed by atoms with Crippen molar-refractivity contribution in [1.82, 2.24) is 9.80 Å². The summed E-state index contributed by atoms with van der Waals surface area (Å²) in [6, 6.07) is 4.17. The van der Waals surface area contributed by atoms with Crippen LogP contribution in [0.5, 0.6) is 0 Å². The number of thiocarbonyl (C=S) groups is 1. The SMILES string of the molecule is CN(CCc1cccs1)CC(=O)N(C)CCC(N)=S. The first-order chi connectivity index (χ1) is 8.99.